The molecule has 0 radical (unpaired) electrons. The van der Waals surface area contributed by atoms with Crippen LogP contribution in [0.5, 0.6) is 0 Å². The highest BCUT2D eigenvalue weighted by atomic mass is 16.5. The number of amides is 1. The third-order valence-electron chi connectivity index (χ3n) is 3.27. The van der Waals surface area contributed by atoms with Gasteiger partial charge in [-0.2, -0.15) is 4.98 Å². The average Bonchev–Trinajstić information content (AvgIpc) is 3.19. The molecule has 20 heavy (non-hydrogen) atoms. The number of carbonyl (C=O) groups is 1. The third kappa shape index (κ3) is 5.28. The number of nitrogens with zero attached hydrogens (tertiary/aromatic N) is 2. The number of aromatic nitrogens is 2. The lowest BCUT2D eigenvalue weighted by atomic mass is 10.2. The predicted molar refractivity (Wildman–Crippen MR) is 75.4 cm³/mol. The molecule has 1 aromatic heterocycles. The van der Waals surface area contributed by atoms with Gasteiger partial charge in [0.1, 0.15) is 0 Å². The Hall–Kier alpha value is -1.43. The van der Waals surface area contributed by atoms with Gasteiger partial charge >= 0.3 is 0 Å². The Morgan fingerprint density at radius 3 is 2.95 bits per heavy atom. The van der Waals surface area contributed by atoms with E-state index in [4.69, 9.17) is 4.52 Å². The van der Waals surface area contributed by atoms with Crippen molar-refractivity contribution in [2.24, 2.45) is 0 Å². The summed E-state index contributed by atoms with van der Waals surface area (Å²) in [6.07, 6.45) is 5.40. The largest absolute Gasteiger partial charge is 0.355 e. The maximum absolute atomic E-state index is 11.6. The molecule has 1 aliphatic rings. The number of carbonyl (C=O) groups excluding carboxylic acids is 1. The molecule has 1 aliphatic carbocycles. The van der Waals surface area contributed by atoms with E-state index in [0.29, 0.717) is 31.2 Å². The summed E-state index contributed by atoms with van der Waals surface area (Å²) >= 11 is 0. The van der Waals surface area contributed by atoms with Crippen LogP contribution in [-0.4, -0.2) is 35.7 Å². The zero-order valence-electron chi connectivity index (χ0n) is 12.2. The number of nitrogens with one attached hydrogen (secondary N) is 2. The standard InChI is InChI=1S/C14H24N4O2/c1-2-8-15-9-10-16-12(19)4-3-5-13-17-14(18-20-13)11-6-7-11/h11,15H,2-10H2,1H3,(H,16,19). The van der Waals surface area contributed by atoms with E-state index in [1.165, 1.54) is 12.8 Å². The van der Waals surface area contributed by atoms with E-state index in [1.807, 2.05) is 0 Å². The van der Waals surface area contributed by atoms with Crippen LogP contribution in [0.15, 0.2) is 4.52 Å². The van der Waals surface area contributed by atoms with Crippen molar-refractivity contribution in [3.05, 3.63) is 11.7 Å². The van der Waals surface area contributed by atoms with Crippen molar-refractivity contribution >= 4 is 5.91 Å². The Morgan fingerprint density at radius 2 is 2.20 bits per heavy atom. The smallest absolute Gasteiger partial charge is 0.226 e. The lowest BCUT2D eigenvalue weighted by Crippen LogP contribution is -2.31. The molecule has 1 heterocycles. The Labute approximate surface area is 119 Å². The van der Waals surface area contributed by atoms with E-state index in [1.54, 1.807) is 0 Å². The fourth-order valence-corrected chi connectivity index (χ4v) is 1.96. The zero-order valence-corrected chi connectivity index (χ0v) is 12.2. The first-order valence-electron chi connectivity index (χ1n) is 7.59. The summed E-state index contributed by atoms with van der Waals surface area (Å²) in [6, 6.07) is 0. The van der Waals surface area contributed by atoms with Gasteiger partial charge in [-0.05, 0) is 32.2 Å². The molecule has 0 aliphatic heterocycles. The highest BCUT2D eigenvalue weighted by Crippen LogP contribution is 2.38. The highest BCUT2D eigenvalue weighted by molar-refractivity contribution is 5.75. The normalized spacial score (nSPS) is 14.4. The van der Waals surface area contributed by atoms with Crippen molar-refractivity contribution in [3.63, 3.8) is 0 Å². The second kappa shape index (κ2) is 7.99. The lowest BCUT2D eigenvalue weighted by molar-refractivity contribution is -0.121. The molecule has 2 N–H and O–H groups in total. The van der Waals surface area contributed by atoms with E-state index in [2.05, 4.69) is 27.7 Å². The molecular weight excluding hydrogens is 256 g/mol. The molecular formula is C14H24N4O2. The first-order chi connectivity index (χ1) is 9.79. The quantitative estimate of drug-likeness (QED) is 0.633. The van der Waals surface area contributed by atoms with Gasteiger partial charge in [0.25, 0.3) is 0 Å². The molecule has 0 saturated heterocycles. The van der Waals surface area contributed by atoms with Crippen molar-refractivity contribution in [1.82, 2.24) is 20.8 Å². The minimum Gasteiger partial charge on any atom is -0.355 e. The summed E-state index contributed by atoms with van der Waals surface area (Å²) in [5.74, 6) is 2.10. The van der Waals surface area contributed by atoms with E-state index in [-0.39, 0.29) is 5.91 Å². The average molecular weight is 280 g/mol. The van der Waals surface area contributed by atoms with E-state index in [0.717, 1.165) is 31.8 Å². The summed E-state index contributed by atoms with van der Waals surface area (Å²) in [5, 5.41) is 10.1. The van der Waals surface area contributed by atoms with E-state index < -0.39 is 0 Å². The van der Waals surface area contributed by atoms with E-state index in [9.17, 15) is 4.79 Å². The van der Waals surface area contributed by atoms with Crippen LogP contribution >= 0.6 is 0 Å². The summed E-state index contributed by atoms with van der Waals surface area (Å²) < 4.78 is 5.17. The van der Waals surface area contributed by atoms with Crippen molar-refractivity contribution in [2.45, 2.75) is 51.4 Å². The second-order valence-corrected chi connectivity index (χ2v) is 5.27. The van der Waals surface area contributed by atoms with E-state index >= 15 is 0 Å². The Kier molecular flexibility index (Phi) is 5.98. The van der Waals surface area contributed by atoms with Gasteiger partial charge < -0.3 is 15.2 Å². The minimum atomic E-state index is 0.0882. The van der Waals surface area contributed by atoms with Crippen LogP contribution in [0, 0.1) is 0 Å². The molecule has 0 bridgehead atoms. The Bertz CT molecular complexity index is 415. The molecule has 0 atom stereocenters. The molecule has 0 spiro atoms. The van der Waals surface area contributed by atoms with Crippen LogP contribution < -0.4 is 10.6 Å². The van der Waals surface area contributed by atoms with Gasteiger partial charge in [0.2, 0.25) is 11.8 Å². The fraction of sp³-hybridized carbons (Fsp3) is 0.786. The third-order valence-corrected chi connectivity index (χ3v) is 3.27. The molecule has 6 nitrogen and oxygen atoms in total. The van der Waals surface area contributed by atoms with Crippen LogP contribution in [0.25, 0.3) is 0 Å². The van der Waals surface area contributed by atoms with Gasteiger partial charge in [0, 0.05) is 31.8 Å². The van der Waals surface area contributed by atoms with Crippen LogP contribution in [-0.2, 0) is 11.2 Å². The summed E-state index contributed by atoms with van der Waals surface area (Å²) in [7, 11) is 0. The molecule has 0 aromatic carbocycles. The Morgan fingerprint density at radius 1 is 1.35 bits per heavy atom. The van der Waals surface area contributed by atoms with Gasteiger partial charge in [-0.15, -0.1) is 0 Å². The maximum Gasteiger partial charge on any atom is 0.226 e. The van der Waals surface area contributed by atoms with Crippen molar-refractivity contribution < 1.29 is 9.32 Å². The van der Waals surface area contributed by atoms with Gasteiger partial charge in [0.05, 0.1) is 0 Å². The molecule has 1 fully saturated rings. The topological polar surface area (TPSA) is 80.0 Å². The molecule has 2 rings (SSSR count). The molecule has 1 saturated carbocycles. The fourth-order valence-electron chi connectivity index (χ4n) is 1.96. The summed E-state index contributed by atoms with van der Waals surface area (Å²) in [6.45, 7) is 4.63. The van der Waals surface area contributed by atoms with Crippen LogP contribution in [0.3, 0.4) is 0 Å². The van der Waals surface area contributed by atoms with Crippen molar-refractivity contribution in [1.29, 1.82) is 0 Å². The monoisotopic (exact) mass is 280 g/mol. The molecule has 6 heteroatoms. The number of rotatable bonds is 10. The van der Waals surface area contributed by atoms with Gasteiger partial charge in [-0.3, -0.25) is 4.79 Å². The first kappa shape index (κ1) is 15.0. The molecule has 1 amide bonds. The zero-order chi connectivity index (χ0) is 14.2. The van der Waals surface area contributed by atoms with Crippen LogP contribution in [0.2, 0.25) is 0 Å². The second-order valence-electron chi connectivity index (χ2n) is 5.27. The van der Waals surface area contributed by atoms with Crippen molar-refractivity contribution in [2.75, 3.05) is 19.6 Å². The van der Waals surface area contributed by atoms with Crippen LogP contribution in [0.1, 0.15) is 56.7 Å². The lowest BCUT2D eigenvalue weighted by Gasteiger charge is -2.05. The first-order valence-corrected chi connectivity index (χ1v) is 7.59. The number of hydrogen-bond donors (Lipinski definition) is 2. The van der Waals surface area contributed by atoms with Crippen molar-refractivity contribution in [3.8, 4) is 0 Å². The predicted octanol–water partition coefficient (Wildman–Crippen LogP) is 1.39. The Balaban J connectivity index is 1.52. The molecule has 0 unspecified atom stereocenters. The summed E-state index contributed by atoms with van der Waals surface area (Å²) in [5.41, 5.74) is 0. The van der Waals surface area contributed by atoms with Crippen LogP contribution in [0.4, 0.5) is 0 Å². The van der Waals surface area contributed by atoms with Gasteiger partial charge in [-0.1, -0.05) is 12.1 Å². The van der Waals surface area contributed by atoms with Gasteiger partial charge in [0.15, 0.2) is 5.82 Å². The number of aryl methyl sites for hydroxylation is 1. The minimum absolute atomic E-state index is 0.0882. The maximum atomic E-state index is 11.6. The highest BCUT2D eigenvalue weighted by Gasteiger charge is 2.28. The number of hydrogen-bond acceptors (Lipinski definition) is 5. The molecule has 112 valence electrons. The summed E-state index contributed by atoms with van der Waals surface area (Å²) in [4.78, 5) is 15.9. The van der Waals surface area contributed by atoms with Gasteiger partial charge in [-0.25, -0.2) is 0 Å². The SMILES string of the molecule is CCCNCCNC(=O)CCCc1nc(C2CC2)no1. The molecule has 1 aromatic rings.